The second kappa shape index (κ2) is 4.65. The van der Waals surface area contributed by atoms with Crippen LogP contribution in [-0.4, -0.2) is 27.7 Å². The van der Waals surface area contributed by atoms with Crippen molar-refractivity contribution >= 4 is 5.97 Å². The Balaban J connectivity index is 2.44. The number of hydrogen-bond acceptors (Lipinski definition) is 5. The van der Waals surface area contributed by atoms with Crippen LogP contribution in [0.15, 0.2) is 28.9 Å². The van der Waals surface area contributed by atoms with E-state index in [1.165, 1.54) is 6.20 Å². The average Bonchev–Trinajstić information content (AvgIpc) is 2.75. The third-order valence-corrected chi connectivity index (χ3v) is 1.98. The molecular formula is C11H10N2O4. The Labute approximate surface area is 96.9 Å². The molecule has 0 spiro atoms. The predicted octanol–water partition coefficient (Wildman–Crippen LogP) is 1.83. The van der Waals surface area contributed by atoms with Crippen LogP contribution >= 0.6 is 0 Å². The van der Waals surface area contributed by atoms with Gasteiger partial charge in [-0.1, -0.05) is 0 Å². The second-order valence-corrected chi connectivity index (χ2v) is 3.13. The Kier molecular flexibility index (Phi) is 3.04. The summed E-state index contributed by atoms with van der Waals surface area (Å²) in [7, 11) is 0. The summed E-state index contributed by atoms with van der Waals surface area (Å²) in [4.78, 5) is 18.7. The Bertz CT molecular complexity index is 522. The molecule has 0 aromatic carbocycles. The van der Waals surface area contributed by atoms with Crippen LogP contribution in [0.5, 0.6) is 5.95 Å². The molecule has 17 heavy (non-hydrogen) atoms. The monoisotopic (exact) mass is 234 g/mol. The molecule has 2 aromatic heterocycles. The summed E-state index contributed by atoms with van der Waals surface area (Å²) in [6.07, 6.45) is 3.14. The number of carboxylic acid groups (broad SMARTS) is 1. The SMILES string of the molecule is CCOc1oc(-c2cccnc2)nc1C(=O)O. The van der Waals surface area contributed by atoms with Gasteiger partial charge in [0.1, 0.15) is 0 Å². The van der Waals surface area contributed by atoms with E-state index in [1.54, 1.807) is 25.3 Å². The Morgan fingerprint density at radius 2 is 2.41 bits per heavy atom. The largest absolute Gasteiger partial charge is 0.476 e. The normalized spacial score (nSPS) is 10.2. The number of hydrogen-bond donors (Lipinski definition) is 1. The molecule has 6 heteroatoms. The van der Waals surface area contributed by atoms with Gasteiger partial charge < -0.3 is 14.3 Å². The Morgan fingerprint density at radius 1 is 1.59 bits per heavy atom. The summed E-state index contributed by atoms with van der Waals surface area (Å²) in [6, 6.07) is 3.43. The fourth-order valence-corrected chi connectivity index (χ4v) is 1.28. The van der Waals surface area contributed by atoms with Crippen molar-refractivity contribution in [2.75, 3.05) is 6.61 Å². The van der Waals surface area contributed by atoms with Gasteiger partial charge in [0.05, 0.1) is 12.2 Å². The molecule has 6 nitrogen and oxygen atoms in total. The van der Waals surface area contributed by atoms with Crippen LogP contribution in [-0.2, 0) is 0 Å². The van der Waals surface area contributed by atoms with Crippen molar-refractivity contribution in [3.05, 3.63) is 30.2 Å². The summed E-state index contributed by atoms with van der Waals surface area (Å²) in [5.74, 6) is -1.09. The fourth-order valence-electron chi connectivity index (χ4n) is 1.28. The third-order valence-electron chi connectivity index (χ3n) is 1.98. The highest BCUT2D eigenvalue weighted by atomic mass is 16.6. The molecule has 0 amide bonds. The van der Waals surface area contributed by atoms with E-state index in [2.05, 4.69) is 9.97 Å². The molecule has 88 valence electrons. The van der Waals surface area contributed by atoms with Gasteiger partial charge in [-0.2, -0.15) is 4.98 Å². The first kappa shape index (κ1) is 11.1. The zero-order chi connectivity index (χ0) is 12.3. The summed E-state index contributed by atoms with van der Waals surface area (Å²) in [6.45, 7) is 2.04. The first-order chi connectivity index (χ1) is 8.22. The van der Waals surface area contributed by atoms with Gasteiger partial charge in [0.15, 0.2) is 0 Å². The van der Waals surface area contributed by atoms with E-state index < -0.39 is 5.97 Å². The topological polar surface area (TPSA) is 85.5 Å². The van der Waals surface area contributed by atoms with Crippen LogP contribution in [0, 0.1) is 0 Å². The van der Waals surface area contributed by atoms with Crippen LogP contribution in [0.25, 0.3) is 11.5 Å². The number of ether oxygens (including phenoxy) is 1. The molecule has 0 saturated carbocycles. The highest BCUT2D eigenvalue weighted by molar-refractivity contribution is 5.88. The van der Waals surface area contributed by atoms with Crippen molar-refractivity contribution in [1.82, 2.24) is 9.97 Å². The number of pyridine rings is 1. The fraction of sp³-hybridized carbons (Fsp3) is 0.182. The van der Waals surface area contributed by atoms with Crippen LogP contribution in [0.2, 0.25) is 0 Å². The lowest BCUT2D eigenvalue weighted by atomic mass is 10.3. The quantitative estimate of drug-likeness (QED) is 0.868. The van der Waals surface area contributed by atoms with Crippen LogP contribution in [0.3, 0.4) is 0 Å². The van der Waals surface area contributed by atoms with Gasteiger partial charge in [-0.05, 0) is 19.1 Å². The number of nitrogens with zero attached hydrogens (tertiary/aromatic N) is 2. The maximum Gasteiger partial charge on any atom is 0.362 e. The maximum absolute atomic E-state index is 10.9. The van der Waals surface area contributed by atoms with Crippen LogP contribution < -0.4 is 4.74 Å². The number of aromatic nitrogens is 2. The number of carbonyl (C=O) groups is 1. The van der Waals surface area contributed by atoms with Gasteiger partial charge in [-0.25, -0.2) is 4.79 Å². The highest BCUT2D eigenvalue weighted by Crippen LogP contribution is 2.26. The molecule has 0 unspecified atom stereocenters. The molecule has 0 atom stereocenters. The zero-order valence-electron chi connectivity index (χ0n) is 9.08. The molecule has 0 aliphatic carbocycles. The van der Waals surface area contributed by atoms with E-state index >= 15 is 0 Å². The molecule has 0 aliphatic heterocycles. The van der Waals surface area contributed by atoms with Crippen molar-refractivity contribution in [2.24, 2.45) is 0 Å². The lowest BCUT2D eigenvalue weighted by Gasteiger charge is -1.96. The molecule has 0 aliphatic rings. The standard InChI is InChI=1S/C11H10N2O4/c1-2-16-11-8(10(14)15)13-9(17-11)7-4-3-5-12-6-7/h3-6H,2H2,1H3,(H,14,15). The van der Waals surface area contributed by atoms with E-state index in [9.17, 15) is 4.79 Å². The molecule has 0 saturated heterocycles. The van der Waals surface area contributed by atoms with Crippen molar-refractivity contribution in [3.8, 4) is 17.4 Å². The minimum atomic E-state index is -1.19. The van der Waals surface area contributed by atoms with Crippen molar-refractivity contribution in [1.29, 1.82) is 0 Å². The number of oxazole rings is 1. The number of carboxylic acids is 1. The highest BCUT2D eigenvalue weighted by Gasteiger charge is 2.21. The maximum atomic E-state index is 10.9. The van der Waals surface area contributed by atoms with Gasteiger partial charge in [0, 0.05) is 12.4 Å². The second-order valence-electron chi connectivity index (χ2n) is 3.13. The van der Waals surface area contributed by atoms with E-state index in [4.69, 9.17) is 14.3 Å². The predicted molar refractivity (Wildman–Crippen MR) is 57.9 cm³/mol. The van der Waals surface area contributed by atoms with Gasteiger partial charge in [0.2, 0.25) is 11.6 Å². The summed E-state index contributed by atoms with van der Waals surface area (Å²) < 4.78 is 10.3. The first-order valence-corrected chi connectivity index (χ1v) is 4.99. The molecule has 0 bridgehead atoms. The van der Waals surface area contributed by atoms with Crippen molar-refractivity contribution < 1.29 is 19.1 Å². The van der Waals surface area contributed by atoms with Crippen molar-refractivity contribution in [3.63, 3.8) is 0 Å². The van der Waals surface area contributed by atoms with Gasteiger partial charge >= 0.3 is 11.9 Å². The van der Waals surface area contributed by atoms with Crippen LogP contribution in [0.4, 0.5) is 0 Å². The molecule has 0 radical (unpaired) electrons. The lowest BCUT2D eigenvalue weighted by Crippen LogP contribution is -2.01. The number of aromatic carboxylic acids is 1. The van der Waals surface area contributed by atoms with E-state index in [1.807, 2.05) is 0 Å². The molecular weight excluding hydrogens is 224 g/mol. The van der Waals surface area contributed by atoms with Gasteiger partial charge in [-0.3, -0.25) is 4.98 Å². The summed E-state index contributed by atoms with van der Waals surface area (Å²) in [5, 5.41) is 8.93. The van der Waals surface area contributed by atoms with Crippen LogP contribution in [0.1, 0.15) is 17.4 Å². The third kappa shape index (κ3) is 2.25. The van der Waals surface area contributed by atoms with E-state index in [0.29, 0.717) is 12.2 Å². The average molecular weight is 234 g/mol. The zero-order valence-corrected chi connectivity index (χ0v) is 9.08. The Hall–Kier alpha value is -2.37. The van der Waals surface area contributed by atoms with Gasteiger partial charge in [0.25, 0.3) is 0 Å². The molecule has 2 rings (SSSR count). The lowest BCUT2D eigenvalue weighted by molar-refractivity contribution is 0.0683. The summed E-state index contributed by atoms with van der Waals surface area (Å²) in [5.41, 5.74) is 0.367. The molecule has 1 N–H and O–H groups in total. The molecule has 0 fully saturated rings. The Morgan fingerprint density at radius 3 is 3.00 bits per heavy atom. The van der Waals surface area contributed by atoms with Gasteiger partial charge in [-0.15, -0.1) is 0 Å². The molecule has 2 aromatic rings. The minimum Gasteiger partial charge on any atom is -0.476 e. The summed E-state index contributed by atoms with van der Waals surface area (Å²) >= 11 is 0. The number of rotatable bonds is 4. The minimum absolute atomic E-state index is 0.0844. The molecule has 2 heterocycles. The van der Waals surface area contributed by atoms with E-state index in [0.717, 1.165) is 0 Å². The smallest absolute Gasteiger partial charge is 0.362 e. The van der Waals surface area contributed by atoms with Crippen molar-refractivity contribution in [2.45, 2.75) is 6.92 Å². The first-order valence-electron chi connectivity index (χ1n) is 4.99. The van der Waals surface area contributed by atoms with E-state index in [-0.39, 0.29) is 17.5 Å².